The molecule has 0 fully saturated rings. The summed E-state index contributed by atoms with van der Waals surface area (Å²) >= 11 is 0. The summed E-state index contributed by atoms with van der Waals surface area (Å²) in [7, 11) is 0. The Hall–Kier alpha value is -4.10. The van der Waals surface area contributed by atoms with E-state index in [1.807, 2.05) is 60.8 Å². The maximum absolute atomic E-state index is 10.1. The highest BCUT2D eigenvalue weighted by Crippen LogP contribution is 2.24. The molecule has 3 N–H and O–H groups in total. The lowest BCUT2D eigenvalue weighted by atomic mass is 10.1. The van der Waals surface area contributed by atoms with Gasteiger partial charge in [-0.1, -0.05) is 24.3 Å². The number of aromatic nitrogens is 5. The summed E-state index contributed by atoms with van der Waals surface area (Å²) in [6.45, 7) is -0.0370. The Balaban J connectivity index is 1.48. The summed E-state index contributed by atoms with van der Waals surface area (Å²) in [5, 5.41) is 14.6. The predicted octanol–water partition coefficient (Wildman–Crippen LogP) is 4.10. The second-order valence-electron chi connectivity index (χ2n) is 7.51. The van der Waals surface area contributed by atoms with Gasteiger partial charge >= 0.3 is 0 Å². The van der Waals surface area contributed by atoms with Gasteiger partial charge in [0.2, 0.25) is 0 Å². The van der Waals surface area contributed by atoms with Gasteiger partial charge in [-0.25, -0.2) is 9.97 Å². The van der Waals surface area contributed by atoms with Crippen molar-refractivity contribution < 1.29 is 5.11 Å². The molecule has 0 aliphatic rings. The van der Waals surface area contributed by atoms with Crippen molar-refractivity contribution in [2.45, 2.75) is 12.5 Å². The fraction of sp³-hybridized carbons (Fsp3) is 0.120. The highest BCUT2D eigenvalue weighted by atomic mass is 16.3. The van der Waals surface area contributed by atoms with Crippen molar-refractivity contribution in [1.82, 2.24) is 24.9 Å². The Morgan fingerprint density at radius 1 is 0.938 bits per heavy atom. The Bertz CT molecular complexity index is 1260. The number of hydrogen-bond donors (Lipinski definition) is 3. The second kappa shape index (κ2) is 8.95. The van der Waals surface area contributed by atoms with Crippen molar-refractivity contribution in [3.05, 3.63) is 91.0 Å². The zero-order valence-corrected chi connectivity index (χ0v) is 17.3. The average molecular weight is 422 g/mol. The number of nitrogens with zero attached hydrogens (tertiary/aromatic N) is 4. The maximum Gasteiger partial charge on any atom is 0.180 e. The average Bonchev–Trinajstić information content (AvgIpc) is 3.27. The molecule has 0 saturated heterocycles. The van der Waals surface area contributed by atoms with E-state index in [1.165, 1.54) is 0 Å². The normalized spacial score (nSPS) is 12.0. The molecular weight excluding hydrogens is 400 g/mol. The van der Waals surface area contributed by atoms with Gasteiger partial charge in [-0.05, 0) is 42.3 Å². The highest BCUT2D eigenvalue weighted by molar-refractivity contribution is 5.83. The topological polar surface area (TPSA) is 99.6 Å². The minimum absolute atomic E-state index is 0.0370. The van der Waals surface area contributed by atoms with Crippen LogP contribution in [0.25, 0.3) is 33.7 Å². The smallest absolute Gasteiger partial charge is 0.180 e. The summed E-state index contributed by atoms with van der Waals surface area (Å²) in [4.78, 5) is 21.3. The molecule has 0 saturated carbocycles. The molecule has 0 aliphatic carbocycles. The van der Waals surface area contributed by atoms with Crippen LogP contribution in [0.5, 0.6) is 0 Å². The minimum atomic E-state index is -0.220. The van der Waals surface area contributed by atoms with E-state index in [4.69, 9.17) is 4.98 Å². The predicted molar refractivity (Wildman–Crippen MR) is 125 cm³/mol. The molecule has 0 spiro atoms. The molecule has 7 heteroatoms. The molecule has 1 atom stereocenters. The van der Waals surface area contributed by atoms with Crippen LogP contribution in [0.15, 0.2) is 85.5 Å². The van der Waals surface area contributed by atoms with Crippen molar-refractivity contribution in [2.75, 3.05) is 11.9 Å². The monoisotopic (exact) mass is 422 g/mol. The number of H-pyrrole nitrogens is 1. The van der Waals surface area contributed by atoms with Gasteiger partial charge in [-0.2, -0.15) is 0 Å². The number of anilines is 1. The summed E-state index contributed by atoms with van der Waals surface area (Å²) in [5.74, 6) is 1.14. The lowest BCUT2D eigenvalue weighted by molar-refractivity contribution is 0.273. The van der Waals surface area contributed by atoms with E-state index in [-0.39, 0.29) is 12.6 Å². The summed E-state index contributed by atoms with van der Waals surface area (Å²) in [6, 6.07) is 19.3. The molecule has 5 aromatic rings. The zero-order chi connectivity index (χ0) is 21.8. The number of benzene rings is 1. The molecule has 7 nitrogen and oxygen atoms in total. The van der Waals surface area contributed by atoms with Crippen molar-refractivity contribution in [1.29, 1.82) is 0 Å². The molecule has 4 aromatic heterocycles. The van der Waals surface area contributed by atoms with Crippen LogP contribution in [0.2, 0.25) is 0 Å². The van der Waals surface area contributed by atoms with Crippen LogP contribution in [-0.4, -0.2) is 42.7 Å². The largest absolute Gasteiger partial charge is 0.394 e. The third-order valence-electron chi connectivity index (χ3n) is 5.29. The second-order valence-corrected chi connectivity index (χ2v) is 7.51. The number of nitrogens with one attached hydrogen (secondary N) is 2. The van der Waals surface area contributed by atoms with Crippen molar-refractivity contribution in [3.63, 3.8) is 0 Å². The molecule has 158 valence electrons. The van der Waals surface area contributed by atoms with Gasteiger partial charge in [-0.15, -0.1) is 0 Å². The lowest BCUT2D eigenvalue weighted by Gasteiger charge is -2.18. The van der Waals surface area contributed by atoms with E-state index in [0.717, 1.165) is 27.7 Å². The van der Waals surface area contributed by atoms with E-state index in [1.54, 1.807) is 18.6 Å². The molecule has 1 aromatic carbocycles. The standard InChI is InChI=1S/C25H22N6O/c32-16-19(12-18-15-28-21-8-2-1-7-20(18)21)29-24-13-23(17-6-5-10-26-14-17)30-25(31-24)22-9-3-4-11-27-22/h1-11,13-15,19,28,32H,12,16H2,(H,29,30,31). The highest BCUT2D eigenvalue weighted by Gasteiger charge is 2.15. The SMILES string of the molecule is OCC(Cc1c[nH]c2ccccc12)Nc1cc(-c2cccnc2)nc(-c2ccccn2)n1. The van der Waals surface area contributed by atoms with Gasteiger partial charge in [0.05, 0.1) is 18.3 Å². The van der Waals surface area contributed by atoms with Crippen LogP contribution in [-0.2, 0) is 6.42 Å². The first-order valence-electron chi connectivity index (χ1n) is 10.4. The number of hydrogen-bond acceptors (Lipinski definition) is 6. The van der Waals surface area contributed by atoms with Crippen molar-refractivity contribution in [2.24, 2.45) is 0 Å². The number of aliphatic hydroxyl groups is 1. The van der Waals surface area contributed by atoms with E-state index in [2.05, 4.69) is 31.3 Å². The van der Waals surface area contributed by atoms with E-state index < -0.39 is 0 Å². The number of aromatic amines is 1. The Kier molecular flexibility index (Phi) is 5.55. The molecule has 5 rings (SSSR count). The molecule has 0 bridgehead atoms. The number of aliphatic hydroxyl groups excluding tert-OH is 1. The molecule has 1 unspecified atom stereocenters. The van der Waals surface area contributed by atoms with Crippen LogP contribution >= 0.6 is 0 Å². The first kappa shape index (κ1) is 19.8. The zero-order valence-electron chi connectivity index (χ0n) is 17.3. The van der Waals surface area contributed by atoms with Crippen LogP contribution in [0, 0.1) is 0 Å². The summed E-state index contributed by atoms with van der Waals surface area (Å²) < 4.78 is 0. The summed E-state index contributed by atoms with van der Waals surface area (Å²) in [5.41, 5.74) is 4.52. The fourth-order valence-corrected chi connectivity index (χ4v) is 3.73. The fourth-order valence-electron chi connectivity index (χ4n) is 3.73. The van der Waals surface area contributed by atoms with Crippen LogP contribution in [0.4, 0.5) is 5.82 Å². The minimum Gasteiger partial charge on any atom is -0.394 e. The quantitative estimate of drug-likeness (QED) is 0.365. The third kappa shape index (κ3) is 4.19. The van der Waals surface area contributed by atoms with Crippen LogP contribution < -0.4 is 5.32 Å². The third-order valence-corrected chi connectivity index (χ3v) is 5.29. The van der Waals surface area contributed by atoms with Gasteiger partial charge in [0.15, 0.2) is 5.82 Å². The van der Waals surface area contributed by atoms with Crippen LogP contribution in [0.1, 0.15) is 5.56 Å². The van der Waals surface area contributed by atoms with Crippen LogP contribution in [0.3, 0.4) is 0 Å². The van der Waals surface area contributed by atoms with Gasteiger partial charge in [0.25, 0.3) is 0 Å². The van der Waals surface area contributed by atoms with Crippen molar-refractivity contribution in [3.8, 4) is 22.8 Å². The molecular formula is C25H22N6O. The van der Waals surface area contributed by atoms with E-state index in [9.17, 15) is 5.11 Å². The van der Waals surface area contributed by atoms with Gasteiger partial charge in [-0.3, -0.25) is 9.97 Å². The lowest BCUT2D eigenvalue weighted by Crippen LogP contribution is -2.27. The number of pyridine rings is 2. The molecule has 0 radical (unpaired) electrons. The molecule has 4 heterocycles. The number of fused-ring (bicyclic) bond motifs is 1. The van der Waals surface area contributed by atoms with Gasteiger partial charge in [0.1, 0.15) is 11.5 Å². The van der Waals surface area contributed by atoms with Crippen molar-refractivity contribution >= 4 is 16.7 Å². The van der Waals surface area contributed by atoms with Gasteiger partial charge in [0, 0.05) is 47.3 Å². The molecule has 32 heavy (non-hydrogen) atoms. The number of rotatable bonds is 7. The maximum atomic E-state index is 10.1. The Morgan fingerprint density at radius 2 is 1.84 bits per heavy atom. The van der Waals surface area contributed by atoms with Gasteiger partial charge < -0.3 is 15.4 Å². The first-order chi connectivity index (χ1) is 15.8. The van der Waals surface area contributed by atoms with E-state index in [0.29, 0.717) is 23.8 Å². The van der Waals surface area contributed by atoms with E-state index >= 15 is 0 Å². The molecule has 0 amide bonds. The number of para-hydroxylation sites is 1. The Morgan fingerprint density at radius 3 is 2.66 bits per heavy atom. The first-order valence-corrected chi connectivity index (χ1v) is 10.4. The summed E-state index contributed by atoms with van der Waals surface area (Å²) in [6.07, 6.45) is 7.85. The molecule has 0 aliphatic heterocycles. The Labute approximate surface area is 185 Å².